The number of hydrogen-bond donors (Lipinski definition) is 0. The third-order valence-corrected chi connectivity index (χ3v) is 2.59. The lowest BCUT2D eigenvalue weighted by atomic mass is 10.0. The van der Waals surface area contributed by atoms with Crippen LogP contribution in [0.5, 0.6) is 0 Å². The molecule has 0 aliphatic heterocycles. The molecule has 0 nitrogen and oxygen atoms in total. The first-order chi connectivity index (χ1) is 7.79. The zero-order valence-electron chi connectivity index (χ0n) is 11.5. The second-order valence-corrected chi connectivity index (χ2v) is 4.48. The summed E-state index contributed by atoms with van der Waals surface area (Å²) >= 11 is 0. The number of unbranched alkanes of at least 4 members (excludes halogenated alkanes) is 2. The minimum absolute atomic E-state index is 0.867. The van der Waals surface area contributed by atoms with Crippen LogP contribution in [0.15, 0.2) is 30.3 Å². The minimum Gasteiger partial charge on any atom is -0.0683 e. The zero-order valence-corrected chi connectivity index (χ0v) is 11.5. The summed E-state index contributed by atoms with van der Waals surface area (Å²) < 4.78 is 0. The standard InChI is InChI=1S/C14H22.C2H6/c1-13(2)9-5-3-6-10-14-11-7-4-8-12-14;1-2/h4,7-8,11-13H,3,5-6,9-10H2,1-2H3;1-2H3. The molecule has 0 aliphatic rings. The van der Waals surface area contributed by atoms with Crippen molar-refractivity contribution in [2.75, 3.05) is 0 Å². The highest BCUT2D eigenvalue weighted by Gasteiger charge is 1.95. The van der Waals surface area contributed by atoms with Crippen LogP contribution in [0.25, 0.3) is 0 Å². The van der Waals surface area contributed by atoms with Crippen molar-refractivity contribution >= 4 is 0 Å². The molecule has 0 aliphatic carbocycles. The zero-order chi connectivity index (χ0) is 12.2. The third kappa shape index (κ3) is 8.52. The van der Waals surface area contributed by atoms with Crippen LogP contribution in [0.1, 0.15) is 58.9 Å². The predicted molar refractivity (Wildman–Crippen MR) is 74.8 cm³/mol. The van der Waals surface area contributed by atoms with Gasteiger partial charge in [-0.3, -0.25) is 0 Å². The Labute approximate surface area is 102 Å². The number of benzene rings is 1. The first kappa shape index (κ1) is 15.2. The molecule has 0 amide bonds. The first-order valence-electron chi connectivity index (χ1n) is 6.83. The van der Waals surface area contributed by atoms with Crippen molar-refractivity contribution in [3.63, 3.8) is 0 Å². The molecule has 0 N–H and O–H groups in total. The summed E-state index contributed by atoms with van der Waals surface area (Å²) in [5.74, 6) is 0.867. The van der Waals surface area contributed by atoms with Crippen LogP contribution < -0.4 is 0 Å². The maximum Gasteiger partial charge on any atom is -0.0279 e. The lowest BCUT2D eigenvalue weighted by Crippen LogP contribution is -1.89. The van der Waals surface area contributed by atoms with E-state index >= 15 is 0 Å². The maximum absolute atomic E-state index is 2.30. The van der Waals surface area contributed by atoms with E-state index in [4.69, 9.17) is 0 Å². The lowest BCUT2D eigenvalue weighted by molar-refractivity contribution is 0.527. The SMILES string of the molecule is CC.CC(C)CCCCCc1ccccc1. The van der Waals surface area contributed by atoms with Crippen LogP contribution in [0.4, 0.5) is 0 Å². The van der Waals surface area contributed by atoms with Gasteiger partial charge in [-0.05, 0) is 24.3 Å². The summed E-state index contributed by atoms with van der Waals surface area (Å²) in [6.45, 7) is 8.61. The lowest BCUT2D eigenvalue weighted by Gasteiger charge is -2.04. The highest BCUT2D eigenvalue weighted by Crippen LogP contribution is 2.10. The molecule has 0 radical (unpaired) electrons. The van der Waals surface area contributed by atoms with Gasteiger partial charge in [-0.1, -0.05) is 77.3 Å². The predicted octanol–water partition coefficient (Wildman–Crippen LogP) is 5.47. The molecule has 0 fully saturated rings. The highest BCUT2D eigenvalue weighted by molar-refractivity contribution is 5.14. The summed E-state index contributed by atoms with van der Waals surface area (Å²) in [6, 6.07) is 10.8. The molecule has 16 heavy (non-hydrogen) atoms. The minimum atomic E-state index is 0.867. The van der Waals surface area contributed by atoms with Crippen LogP contribution in [0.2, 0.25) is 0 Å². The maximum atomic E-state index is 2.30. The van der Waals surface area contributed by atoms with Crippen LogP contribution in [0, 0.1) is 5.92 Å². The van der Waals surface area contributed by atoms with Crippen LogP contribution in [-0.4, -0.2) is 0 Å². The van der Waals surface area contributed by atoms with Gasteiger partial charge in [-0.15, -0.1) is 0 Å². The summed E-state index contributed by atoms with van der Waals surface area (Å²) in [6.07, 6.45) is 6.75. The van der Waals surface area contributed by atoms with E-state index in [1.54, 1.807) is 0 Å². The second-order valence-electron chi connectivity index (χ2n) is 4.48. The van der Waals surface area contributed by atoms with Gasteiger partial charge in [-0.2, -0.15) is 0 Å². The Morgan fingerprint density at radius 2 is 1.50 bits per heavy atom. The number of hydrogen-bond acceptors (Lipinski definition) is 0. The molecule has 0 atom stereocenters. The molecule has 0 spiro atoms. The molecule has 0 bridgehead atoms. The van der Waals surface area contributed by atoms with Gasteiger partial charge < -0.3 is 0 Å². The molecule has 1 aromatic carbocycles. The van der Waals surface area contributed by atoms with Crippen molar-refractivity contribution in [1.82, 2.24) is 0 Å². The second kappa shape index (κ2) is 10.7. The fourth-order valence-electron chi connectivity index (χ4n) is 1.70. The molecular formula is C16H28. The van der Waals surface area contributed by atoms with Crippen molar-refractivity contribution in [2.24, 2.45) is 5.92 Å². The van der Waals surface area contributed by atoms with Crippen LogP contribution >= 0.6 is 0 Å². The van der Waals surface area contributed by atoms with E-state index in [-0.39, 0.29) is 0 Å². The van der Waals surface area contributed by atoms with Gasteiger partial charge >= 0.3 is 0 Å². The molecule has 0 aromatic heterocycles. The smallest absolute Gasteiger partial charge is 0.0279 e. The van der Waals surface area contributed by atoms with Gasteiger partial charge in [0.25, 0.3) is 0 Å². The molecule has 92 valence electrons. The highest BCUT2D eigenvalue weighted by atomic mass is 14.0. The Balaban J connectivity index is 0.00000106. The molecule has 0 heterocycles. The van der Waals surface area contributed by atoms with Crippen LogP contribution in [0.3, 0.4) is 0 Å². The van der Waals surface area contributed by atoms with E-state index in [0.717, 1.165) is 5.92 Å². The van der Waals surface area contributed by atoms with Gasteiger partial charge in [0.05, 0.1) is 0 Å². The number of aryl methyl sites for hydroxylation is 1. The molecule has 0 saturated carbocycles. The van der Waals surface area contributed by atoms with E-state index in [0.29, 0.717) is 0 Å². The fraction of sp³-hybridized carbons (Fsp3) is 0.625. The Bertz CT molecular complexity index is 223. The third-order valence-electron chi connectivity index (χ3n) is 2.59. The fourth-order valence-corrected chi connectivity index (χ4v) is 1.70. The number of rotatable bonds is 6. The van der Waals surface area contributed by atoms with Gasteiger partial charge in [0.1, 0.15) is 0 Å². The average Bonchev–Trinajstić information content (AvgIpc) is 2.32. The van der Waals surface area contributed by atoms with Crippen molar-refractivity contribution in [3.05, 3.63) is 35.9 Å². The monoisotopic (exact) mass is 220 g/mol. The molecule has 1 aromatic rings. The summed E-state index contributed by atoms with van der Waals surface area (Å²) in [7, 11) is 0. The van der Waals surface area contributed by atoms with E-state index < -0.39 is 0 Å². The van der Waals surface area contributed by atoms with Crippen molar-refractivity contribution in [1.29, 1.82) is 0 Å². The Kier molecular flexibility index (Phi) is 10.2. The normalized spacial score (nSPS) is 9.81. The van der Waals surface area contributed by atoms with E-state index in [2.05, 4.69) is 44.2 Å². The topological polar surface area (TPSA) is 0 Å². The Hall–Kier alpha value is -0.780. The summed E-state index contributed by atoms with van der Waals surface area (Å²) in [4.78, 5) is 0. The molecular weight excluding hydrogens is 192 g/mol. The van der Waals surface area contributed by atoms with E-state index in [9.17, 15) is 0 Å². The van der Waals surface area contributed by atoms with E-state index in [1.807, 2.05) is 13.8 Å². The largest absolute Gasteiger partial charge is 0.0683 e. The first-order valence-corrected chi connectivity index (χ1v) is 6.83. The van der Waals surface area contributed by atoms with Crippen molar-refractivity contribution < 1.29 is 0 Å². The Morgan fingerprint density at radius 3 is 2.06 bits per heavy atom. The van der Waals surface area contributed by atoms with Crippen molar-refractivity contribution in [3.8, 4) is 0 Å². The molecule has 0 saturated heterocycles. The van der Waals surface area contributed by atoms with Gasteiger partial charge in [0.2, 0.25) is 0 Å². The average molecular weight is 220 g/mol. The van der Waals surface area contributed by atoms with Crippen molar-refractivity contribution in [2.45, 2.75) is 59.8 Å². The van der Waals surface area contributed by atoms with E-state index in [1.165, 1.54) is 37.7 Å². The molecule has 1 rings (SSSR count). The van der Waals surface area contributed by atoms with Gasteiger partial charge in [0.15, 0.2) is 0 Å². The molecule has 0 unspecified atom stereocenters. The van der Waals surface area contributed by atoms with Gasteiger partial charge in [-0.25, -0.2) is 0 Å². The van der Waals surface area contributed by atoms with Gasteiger partial charge in [0, 0.05) is 0 Å². The quantitative estimate of drug-likeness (QED) is 0.557. The molecule has 0 heteroatoms. The summed E-state index contributed by atoms with van der Waals surface area (Å²) in [5, 5.41) is 0. The summed E-state index contributed by atoms with van der Waals surface area (Å²) in [5.41, 5.74) is 1.48. The van der Waals surface area contributed by atoms with Crippen LogP contribution in [-0.2, 0) is 6.42 Å². The Morgan fingerprint density at radius 1 is 0.875 bits per heavy atom.